The normalized spacial score (nSPS) is 13.1. The highest BCUT2D eigenvalue weighted by Crippen LogP contribution is 2.31. The molecule has 6 heteroatoms. The fraction of sp³-hybridized carbons (Fsp3) is 0.364. The van der Waals surface area contributed by atoms with E-state index in [1.165, 1.54) is 0 Å². The van der Waals surface area contributed by atoms with E-state index >= 15 is 0 Å². The van der Waals surface area contributed by atoms with Crippen LogP contribution in [0.1, 0.15) is 25.8 Å². The molecule has 0 spiro atoms. The lowest BCUT2D eigenvalue weighted by atomic mass is 9.99. The summed E-state index contributed by atoms with van der Waals surface area (Å²) in [6.45, 7) is 4.40. The fourth-order valence-corrected chi connectivity index (χ4v) is 3.23. The molecule has 0 atom stereocenters. The topological polar surface area (TPSA) is 67.9 Å². The van der Waals surface area contributed by atoms with Crippen molar-refractivity contribution >= 4 is 23.2 Å². The van der Waals surface area contributed by atoms with Crippen molar-refractivity contribution in [2.45, 2.75) is 26.7 Å². The van der Waals surface area contributed by atoms with Crippen LogP contribution in [0, 0.1) is 5.92 Å². The van der Waals surface area contributed by atoms with E-state index in [9.17, 15) is 9.59 Å². The quantitative estimate of drug-likeness (QED) is 0.828. The van der Waals surface area contributed by atoms with Gasteiger partial charge in [-0.25, -0.2) is 0 Å². The lowest BCUT2D eigenvalue weighted by molar-refractivity contribution is -0.121. The van der Waals surface area contributed by atoms with Crippen LogP contribution in [0.4, 0.5) is 11.4 Å². The lowest BCUT2D eigenvalue weighted by Gasteiger charge is -2.31. The van der Waals surface area contributed by atoms with Gasteiger partial charge in [0, 0.05) is 29.9 Å². The Balaban J connectivity index is 1.66. The average Bonchev–Trinajstić information content (AvgIpc) is 2.71. The van der Waals surface area contributed by atoms with Crippen molar-refractivity contribution in [3.63, 3.8) is 0 Å². The molecule has 6 nitrogen and oxygen atoms in total. The number of amides is 2. The van der Waals surface area contributed by atoms with Crippen molar-refractivity contribution < 1.29 is 19.1 Å². The number of carbonyl (C=O) groups excluding carboxylic acids is 2. The zero-order valence-electron chi connectivity index (χ0n) is 16.5. The molecule has 2 aromatic rings. The number of nitrogens with zero attached hydrogens (tertiary/aromatic N) is 1. The van der Waals surface area contributed by atoms with E-state index in [2.05, 4.69) is 5.32 Å². The molecule has 0 aliphatic carbocycles. The summed E-state index contributed by atoms with van der Waals surface area (Å²) in [5.41, 5.74) is 2.67. The Labute approximate surface area is 165 Å². The smallest absolute Gasteiger partial charge is 0.262 e. The first-order valence-corrected chi connectivity index (χ1v) is 9.49. The number of rotatable bonds is 6. The van der Waals surface area contributed by atoms with Crippen molar-refractivity contribution in [1.82, 2.24) is 0 Å². The molecule has 1 aliphatic rings. The summed E-state index contributed by atoms with van der Waals surface area (Å²) in [7, 11) is 1.58. The number of nitrogens with one attached hydrogen (secondary N) is 1. The predicted octanol–water partition coefficient (Wildman–Crippen LogP) is 3.65. The van der Waals surface area contributed by atoms with Gasteiger partial charge in [-0.15, -0.1) is 0 Å². The number of ether oxygens (including phenoxy) is 2. The van der Waals surface area contributed by atoms with Gasteiger partial charge in [0.15, 0.2) is 6.61 Å². The summed E-state index contributed by atoms with van der Waals surface area (Å²) in [5, 5.41) is 2.85. The number of fused-ring (bicyclic) bond motifs is 1. The second-order valence-electron chi connectivity index (χ2n) is 7.11. The monoisotopic (exact) mass is 382 g/mol. The van der Waals surface area contributed by atoms with Gasteiger partial charge in [-0.2, -0.15) is 0 Å². The number of aryl methyl sites for hydroxylation is 1. The van der Waals surface area contributed by atoms with Crippen molar-refractivity contribution in [2.24, 2.45) is 5.92 Å². The van der Waals surface area contributed by atoms with Gasteiger partial charge in [-0.05, 0) is 42.7 Å². The third-order valence-corrected chi connectivity index (χ3v) is 4.66. The molecule has 0 bridgehead atoms. The Hall–Kier alpha value is -3.02. The molecule has 28 heavy (non-hydrogen) atoms. The van der Waals surface area contributed by atoms with Crippen molar-refractivity contribution in [2.75, 3.05) is 30.5 Å². The maximum absolute atomic E-state index is 12.5. The van der Waals surface area contributed by atoms with E-state index in [1.807, 2.05) is 43.0 Å². The van der Waals surface area contributed by atoms with Crippen LogP contribution in [-0.4, -0.2) is 32.1 Å². The summed E-state index contributed by atoms with van der Waals surface area (Å²) in [6, 6.07) is 12.8. The van der Waals surface area contributed by atoms with Crippen LogP contribution in [-0.2, 0) is 16.0 Å². The summed E-state index contributed by atoms with van der Waals surface area (Å²) in [5.74, 6) is 1.00. The van der Waals surface area contributed by atoms with Crippen LogP contribution in [0.25, 0.3) is 0 Å². The highest BCUT2D eigenvalue weighted by atomic mass is 16.5. The van der Waals surface area contributed by atoms with Gasteiger partial charge in [0.05, 0.1) is 7.11 Å². The van der Waals surface area contributed by atoms with E-state index in [-0.39, 0.29) is 24.3 Å². The van der Waals surface area contributed by atoms with Gasteiger partial charge in [-0.1, -0.05) is 26.0 Å². The molecule has 1 N–H and O–H groups in total. The molecular formula is C22H26N2O4. The standard InChI is InChI=1S/C22H26N2O4/c1-15(2)22(26)24-11-5-6-16-9-10-17(12-20(16)24)23-21(25)14-28-19-8-4-7-18(13-19)27-3/h4,7-10,12-13,15H,5-6,11,14H2,1-3H3,(H,23,25). The number of carbonyl (C=O) groups is 2. The highest BCUT2D eigenvalue weighted by Gasteiger charge is 2.24. The molecule has 0 saturated carbocycles. The minimum absolute atomic E-state index is 0.0690. The fourth-order valence-electron chi connectivity index (χ4n) is 3.23. The molecule has 0 radical (unpaired) electrons. The first-order chi connectivity index (χ1) is 13.5. The van der Waals surface area contributed by atoms with Gasteiger partial charge < -0.3 is 19.7 Å². The number of hydrogen-bond donors (Lipinski definition) is 1. The van der Waals surface area contributed by atoms with Gasteiger partial charge >= 0.3 is 0 Å². The Morgan fingerprint density at radius 3 is 2.68 bits per heavy atom. The van der Waals surface area contributed by atoms with Crippen LogP contribution in [0.3, 0.4) is 0 Å². The Bertz CT molecular complexity index is 863. The largest absolute Gasteiger partial charge is 0.497 e. The SMILES string of the molecule is COc1cccc(OCC(=O)Nc2ccc3c(c2)N(C(=O)C(C)C)CCC3)c1. The molecule has 1 heterocycles. The van der Waals surface area contributed by atoms with Crippen LogP contribution in [0.2, 0.25) is 0 Å². The third kappa shape index (κ3) is 4.63. The summed E-state index contributed by atoms with van der Waals surface area (Å²) in [4.78, 5) is 26.6. The molecule has 0 fully saturated rings. The number of methoxy groups -OCH3 is 1. The minimum Gasteiger partial charge on any atom is -0.497 e. The lowest BCUT2D eigenvalue weighted by Crippen LogP contribution is -2.38. The van der Waals surface area contributed by atoms with Gasteiger partial charge in [-0.3, -0.25) is 9.59 Å². The van der Waals surface area contributed by atoms with E-state index in [1.54, 1.807) is 25.3 Å². The van der Waals surface area contributed by atoms with Crippen molar-refractivity contribution in [3.05, 3.63) is 48.0 Å². The maximum atomic E-state index is 12.5. The van der Waals surface area contributed by atoms with Crippen LogP contribution < -0.4 is 19.7 Å². The maximum Gasteiger partial charge on any atom is 0.262 e. The first-order valence-electron chi connectivity index (χ1n) is 9.49. The highest BCUT2D eigenvalue weighted by molar-refractivity contribution is 5.98. The molecule has 1 aliphatic heterocycles. The van der Waals surface area contributed by atoms with E-state index < -0.39 is 0 Å². The minimum atomic E-state index is -0.264. The molecular weight excluding hydrogens is 356 g/mol. The second-order valence-corrected chi connectivity index (χ2v) is 7.11. The molecule has 148 valence electrons. The predicted molar refractivity (Wildman–Crippen MR) is 109 cm³/mol. The first kappa shape index (κ1) is 19.7. The summed E-state index contributed by atoms with van der Waals surface area (Å²) < 4.78 is 10.7. The molecule has 2 amide bonds. The van der Waals surface area contributed by atoms with Crippen LogP contribution in [0.15, 0.2) is 42.5 Å². The van der Waals surface area contributed by atoms with E-state index in [0.717, 1.165) is 24.1 Å². The number of anilines is 2. The number of benzene rings is 2. The zero-order chi connectivity index (χ0) is 20.1. The summed E-state index contributed by atoms with van der Waals surface area (Å²) >= 11 is 0. The van der Waals surface area contributed by atoms with Gasteiger partial charge in [0.25, 0.3) is 5.91 Å². The van der Waals surface area contributed by atoms with E-state index in [4.69, 9.17) is 9.47 Å². The molecule has 3 rings (SSSR count). The Morgan fingerprint density at radius 1 is 1.14 bits per heavy atom. The Kier molecular flexibility index (Phi) is 6.19. The second kappa shape index (κ2) is 8.78. The summed E-state index contributed by atoms with van der Waals surface area (Å²) in [6.07, 6.45) is 1.88. The van der Waals surface area contributed by atoms with Crippen molar-refractivity contribution in [1.29, 1.82) is 0 Å². The van der Waals surface area contributed by atoms with Gasteiger partial charge in [0.1, 0.15) is 11.5 Å². The average molecular weight is 382 g/mol. The zero-order valence-corrected chi connectivity index (χ0v) is 16.5. The van der Waals surface area contributed by atoms with Crippen LogP contribution >= 0.6 is 0 Å². The van der Waals surface area contributed by atoms with Crippen LogP contribution in [0.5, 0.6) is 11.5 Å². The molecule has 2 aromatic carbocycles. The number of hydrogen-bond acceptors (Lipinski definition) is 4. The van der Waals surface area contributed by atoms with Gasteiger partial charge in [0.2, 0.25) is 5.91 Å². The Morgan fingerprint density at radius 2 is 1.93 bits per heavy atom. The third-order valence-electron chi connectivity index (χ3n) is 4.66. The molecule has 0 saturated heterocycles. The molecule has 0 unspecified atom stereocenters. The molecule has 0 aromatic heterocycles. The van der Waals surface area contributed by atoms with E-state index in [0.29, 0.717) is 23.7 Å². The van der Waals surface area contributed by atoms with Crippen molar-refractivity contribution in [3.8, 4) is 11.5 Å².